The normalized spacial score (nSPS) is 9.81. The predicted molar refractivity (Wildman–Crippen MR) is 77.1 cm³/mol. The largest absolute Gasteiger partial charge is 0.494 e. The third-order valence-corrected chi connectivity index (χ3v) is 3.00. The van der Waals surface area contributed by atoms with Crippen LogP contribution in [-0.2, 0) is 0 Å². The monoisotopic (exact) mass is 304 g/mol. The van der Waals surface area contributed by atoms with Crippen LogP contribution < -0.4 is 10.1 Å². The van der Waals surface area contributed by atoms with Crippen molar-refractivity contribution < 1.29 is 13.9 Å². The highest BCUT2D eigenvalue weighted by molar-refractivity contribution is 6.31. The third-order valence-electron chi connectivity index (χ3n) is 2.76. The summed E-state index contributed by atoms with van der Waals surface area (Å²) in [6.45, 7) is 0. The molecule has 2 aromatic rings. The maximum absolute atomic E-state index is 13.6. The molecule has 0 radical (unpaired) electrons. The molecule has 2 aromatic carbocycles. The van der Waals surface area contributed by atoms with Gasteiger partial charge in [0.25, 0.3) is 5.91 Å². The number of rotatable bonds is 3. The van der Waals surface area contributed by atoms with Crippen LogP contribution in [0.1, 0.15) is 15.9 Å². The molecule has 0 saturated carbocycles. The van der Waals surface area contributed by atoms with E-state index in [9.17, 15) is 9.18 Å². The minimum atomic E-state index is -0.642. The van der Waals surface area contributed by atoms with Crippen molar-refractivity contribution in [1.29, 1.82) is 5.26 Å². The fourth-order valence-corrected chi connectivity index (χ4v) is 1.89. The van der Waals surface area contributed by atoms with Gasteiger partial charge in [-0.15, -0.1) is 0 Å². The Morgan fingerprint density at radius 1 is 1.33 bits per heavy atom. The van der Waals surface area contributed by atoms with Crippen molar-refractivity contribution in [3.8, 4) is 11.8 Å². The second-order valence-corrected chi connectivity index (χ2v) is 4.54. The molecule has 0 aliphatic heterocycles. The molecule has 21 heavy (non-hydrogen) atoms. The van der Waals surface area contributed by atoms with Gasteiger partial charge in [0.15, 0.2) is 11.6 Å². The molecule has 4 nitrogen and oxygen atoms in total. The van der Waals surface area contributed by atoms with Gasteiger partial charge in [-0.1, -0.05) is 11.6 Å². The molecular formula is C15H10ClFN2O2. The minimum absolute atomic E-state index is 0.0482. The summed E-state index contributed by atoms with van der Waals surface area (Å²) in [5.74, 6) is -1.14. The van der Waals surface area contributed by atoms with Crippen molar-refractivity contribution in [3.63, 3.8) is 0 Å². The number of nitriles is 1. The maximum Gasteiger partial charge on any atom is 0.255 e. The average molecular weight is 305 g/mol. The van der Waals surface area contributed by atoms with Crippen LogP contribution in [0.5, 0.6) is 5.75 Å². The lowest BCUT2D eigenvalue weighted by atomic mass is 10.1. The van der Waals surface area contributed by atoms with Crippen molar-refractivity contribution in [2.24, 2.45) is 0 Å². The Hall–Kier alpha value is -2.58. The second-order valence-electron chi connectivity index (χ2n) is 4.11. The van der Waals surface area contributed by atoms with E-state index >= 15 is 0 Å². The van der Waals surface area contributed by atoms with Gasteiger partial charge in [-0.25, -0.2) is 4.39 Å². The van der Waals surface area contributed by atoms with Crippen molar-refractivity contribution in [1.82, 2.24) is 0 Å². The number of carbonyl (C=O) groups excluding carboxylic acids is 1. The number of halogens is 2. The van der Waals surface area contributed by atoms with Crippen LogP contribution in [-0.4, -0.2) is 13.0 Å². The molecule has 0 bridgehead atoms. The summed E-state index contributed by atoms with van der Waals surface area (Å²) in [6, 6.07) is 10.3. The molecule has 1 amide bonds. The van der Waals surface area contributed by atoms with Crippen LogP contribution in [0.25, 0.3) is 0 Å². The number of amides is 1. The zero-order valence-electron chi connectivity index (χ0n) is 11.0. The number of ether oxygens (including phenoxy) is 1. The van der Waals surface area contributed by atoms with E-state index in [0.717, 1.165) is 6.07 Å². The molecule has 106 valence electrons. The molecule has 0 saturated heterocycles. The quantitative estimate of drug-likeness (QED) is 0.942. The molecule has 2 rings (SSSR count). The lowest BCUT2D eigenvalue weighted by molar-refractivity contribution is 0.102. The van der Waals surface area contributed by atoms with Gasteiger partial charge in [0.2, 0.25) is 0 Å². The fourth-order valence-electron chi connectivity index (χ4n) is 1.72. The second kappa shape index (κ2) is 6.25. The summed E-state index contributed by atoms with van der Waals surface area (Å²) < 4.78 is 18.4. The SMILES string of the molecule is COc1ccc(C(=O)Nc2cc(Cl)ccc2C#N)cc1F. The molecule has 0 heterocycles. The molecule has 6 heteroatoms. The first-order chi connectivity index (χ1) is 10.0. The van der Waals surface area contributed by atoms with Crippen molar-refractivity contribution in [3.05, 3.63) is 58.4 Å². The summed E-state index contributed by atoms with van der Waals surface area (Å²) >= 11 is 5.83. The summed E-state index contributed by atoms with van der Waals surface area (Å²) in [4.78, 5) is 12.1. The number of carbonyl (C=O) groups is 1. The van der Waals surface area contributed by atoms with Gasteiger partial charge < -0.3 is 10.1 Å². The van der Waals surface area contributed by atoms with Crippen LogP contribution in [0, 0.1) is 17.1 Å². The van der Waals surface area contributed by atoms with Crippen LogP contribution >= 0.6 is 11.6 Å². The average Bonchev–Trinajstić information content (AvgIpc) is 2.47. The zero-order chi connectivity index (χ0) is 15.4. The molecule has 1 N–H and O–H groups in total. The predicted octanol–water partition coefficient (Wildman–Crippen LogP) is 3.61. The van der Waals surface area contributed by atoms with E-state index in [4.69, 9.17) is 21.6 Å². The highest BCUT2D eigenvalue weighted by Crippen LogP contribution is 2.22. The summed E-state index contributed by atoms with van der Waals surface area (Å²) in [5.41, 5.74) is 0.644. The minimum Gasteiger partial charge on any atom is -0.494 e. The maximum atomic E-state index is 13.6. The molecule has 0 unspecified atom stereocenters. The van der Waals surface area contributed by atoms with Crippen molar-refractivity contribution in [2.75, 3.05) is 12.4 Å². The topological polar surface area (TPSA) is 62.1 Å². The Morgan fingerprint density at radius 2 is 2.10 bits per heavy atom. The lowest BCUT2D eigenvalue weighted by Crippen LogP contribution is -2.13. The number of hydrogen-bond donors (Lipinski definition) is 1. The molecular weight excluding hydrogens is 295 g/mol. The van der Waals surface area contributed by atoms with Crippen molar-refractivity contribution in [2.45, 2.75) is 0 Å². The number of benzene rings is 2. The van der Waals surface area contributed by atoms with E-state index < -0.39 is 11.7 Å². The van der Waals surface area contributed by atoms with E-state index in [1.165, 1.54) is 31.4 Å². The smallest absolute Gasteiger partial charge is 0.255 e. The van der Waals surface area contributed by atoms with Gasteiger partial charge in [0.05, 0.1) is 18.4 Å². The Labute approximate surface area is 125 Å². The number of nitrogens with one attached hydrogen (secondary N) is 1. The molecule has 0 spiro atoms. The van der Waals surface area contributed by atoms with Crippen LogP contribution in [0.3, 0.4) is 0 Å². The Bertz CT molecular complexity index is 741. The molecule has 0 aliphatic carbocycles. The Morgan fingerprint density at radius 3 is 2.71 bits per heavy atom. The highest BCUT2D eigenvalue weighted by atomic mass is 35.5. The summed E-state index contributed by atoms with van der Waals surface area (Å²) in [5, 5.41) is 11.9. The van der Waals surface area contributed by atoms with Crippen LogP contribution in [0.4, 0.5) is 10.1 Å². The van der Waals surface area contributed by atoms with Gasteiger partial charge in [-0.2, -0.15) is 5.26 Å². The third kappa shape index (κ3) is 3.30. The van der Waals surface area contributed by atoms with Gasteiger partial charge in [0, 0.05) is 10.6 Å². The van der Waals surface area contributed by atoms with E-state index in [2.05, 4.69) is 5.32 Å². The standard InChI is InChI=1S/C15H10ClFN2O2/c1-21-14-5-3-9(6-12(14)17)15(20)19-13-7-11(16)4-2-10(13)8-18/h2-7H,1H3,(H,19,20). The Balaban J connectivity index is 2.28. The van der Waals surface area contributed by atoms with Crippen LogP contribution in [0.15, 0.2) is 36.4 Å². The van der Waals surface area contributed by atoms with Gasteiger partial charge in [-0.3, -0.25) is 4.79 Å². The van der Waals surface area contributed by atoms with E-state index in [-0.39, 0.29) is 22.6 Å². The number of hydrogen-bond acceptors (Lipinski definition) is 3. The van der Waals surface area contributed by atoms with Gasteiger partial charge in [-0.05, 0) is 36.4 Å². The van der Waals surface area contributed by atoms with Crippen molar-refractivity contribution >= 4 is 23.2 Å². The lowest BCUT2D eigenvalue weighted by Gasteiger charge is -2.08. The number of anilines is 1. The zero-order valence-corrected chi connectivity index (χ0v) is 11.7. The van der Waals surface area contributed by atoms with Crippen LogP contribution in [0.2, 0.25) is 5.02 Å². The molecule has 0 fully saturated rings. The molecule has 0 aromatic heterocycles. The molecule has 0 atom stereocenters. The molecule has 0 aliphatic rings. The van der Waals surface area contributed by atoms with E-state index in [0.29, 0.717) is 5.02 Å². The first-order valence-electron chi connectivity index (χ1n) is 5.89. The Kier molecular flexibility index (Phi) is 4.41. The van der Waals surface area contributed by atoms with Gasteiger partial charge in [0.1, 0.15) is 6.07 Å². The fraction of sp³-hybridized carbons (Fsp3) is 0.0667. The van der Waals surface area contributed by atoms with E-state index in [1.54, 1.807) is 6.07 Å². The first-order valence-corrected chi connectivity index (χ1v) is 6.27. The summed E-state index contributed by atoms with van der Waals surface area (Å²) in [7, 11) is 1.34. The first kappa shape index (κ1) is 14.8. The number of methoxy groups -OCH3 is 1. The van der Waals surface area contributed by atoms with E-state index in [1.807, 2.05) is 6.07 Å². The highest BCUT2D eigenvalue weighted by Gasteiger charge is 2.12. The van der Waals surface area contributed by atoms with Gasteiger partial charge >= 0.3 is 0 Å². The summed E-state index contributed by atoms with van der Waals surface area (Å²) in [6.07, 6.45) is 0. The number of nitrogens with zero attached hydrogens (tertiary/aromatic N) is 1.